The molecule has 0 atom stereocenters. The van der Waals surface area contributed by atoms with E-state index in [2.05, 4.69) is 21.2 Å². The van der Waals surface area contributed by atoms with Crippen LogP contribution in [0.4, 0.5) is 14.5 Å². The lowest BCUT2D eigenvalue weighted by Crippen LogP contribution is -2.09. The van der Waals surface area contributed by atoms with Crippen LogP contribution in [0.5, 0.6) is 0 Å². The van der Waals surface area contributed by atoms with Gasteiger partial charge in [-0.15, -0.1) is 0 Å². The van der Waals surface area contributed by atoms with Gasteiger partial charge in [0.2, 0.25) is 5.91 Å². The first kappa shape index (κ1) is 14.4. The maximum absolute atomic E-state index is 13.5. The number of rotatable bonds is 3. The van der Waals surface area contributed by atoms with E-state index in [0.717, 1.165) is 0 Å². The highest BCUT2D eigenvalue weighted by molar-refractivity contribution is 9.10. The van der Waals surface area contributed by atoms with Gasteiger partial charge < -0.3 is 5.32 Å². The smallest absolute Gasteiger partial charge is 0.248 e. The molecule has 2 aromatic rings. The molecule has 0 saturated carbocycles. The molecule has 0 heterocycles. The molecule has 0 aliphatic rings. The second-order valence-corrected chi connectivity index (χ2v) is 4.91. The molecule has 0 fully saturated rings. The van der Waals surface area contributed by atoms with Crippen LogP contribution in [0.3, 0.4) is 0 Å². The van der Waals surface area contributed by atoms with Gasteiger partial charge in [0.25, 0.3) is 0 Å². The van der Waals surface area contributed by atoms with Crippen molar-refractivity contribution in [1.82, 2.24) is 0 Å². The summed E-state index contributed by atoms with van der Waals surface area (Å²) in [5.41, 5.74) is 0.778. The first-order valence-corrected chi connectivity index (χ1v) is 6.53. The van der Waals surface area contributed by atoms with Crippen molar-refractivity contribution in [3.8, 4) is 0 Å². The zero-order valence-electron chi connectivity index (χ0n) is 10.2. The number of amides is 1. The molecule has 0 radical (unpaired) electrons. The van der Waals surface area contributed by atoms with Crippen molar-refractivity contribution in [3.05, 3.63) is 70.2 Å². The van der Waals surface area contributed by atoms with E-state index in [0.29, 0.717) is 10.0 Å². The normalized spacial score (nSPS) is 10.8. The van der Waals surface area contributed by atoms with Gasteiger partial charge in [-0.05, 0) is 42.0 Å². The average Bonchev–Trinajstić information content (AvgIpc) is 2.41. The van der Waals surface area contributed by atoms with Gasteiger partial charge in [0.05, 0.1) is 5.69 Å². The molecule has 2 rings (SSSR count). The number of hydrogen-bond acceptors (Lipinski definition) is 1. The van der Waals surface area contributed by atoms with Gasteiger partial charge in [0.15, 0.2) is 0 Å². The van der Waals surface area contributed by atoms with Crippen molar-refractivity contribution in [2.75, 3.05) is 5.32 Å². The number of halogens is 3. The molecule has 0 aromatic heterocycles. The minimum absolute atomic E-state index is 0.0990. The van der Waals surface area contributed by atoms with Gasteiger partial charge in [-0.2, -0.15) is 0 Å². The molecule has 0 aliphatic carbocycles. The summed E-state index contributed by atoms with van der Waals surface area (Å²) in [6.45, 7) is 0. The Morgan fingerprint density at radius 3 is 2.45 bits per heavy atom. The summed E-state index contributed by atoms with van der Waals surface area (Å²) in [5, 5.41) is 2.42. The van der Waals surface area contributed by atoms with Gasteiger partial charge in [-0.1, -0.05) is 28.1 Å². The Labute approximate surface area is 123 Å². The summed E-state index contributed by atoms with van der Waals surface area (Å²) in [5.74, 6) is -1.33. The van der Waals surface area contributed by atoms with E-state index >= 15 is 0 Å². The number of hydrogen-bond donors (Lipinski definition) is 1. The fourth-order valence-corrected chi connectivity index (χ4v) is 1.84. The van der Waals surface area contributed by atoms with E-state index in [1.165, 1.54) is 36.4 Å². The van der Waals surface area contributed by atoms with E-state index in [1.54, 1.807) is 18.2 Å². The molecule has 2 nitrogen and oxygen atoms in total. The lowest BCUT2D eigenvalue weighted by Gasteiger charge is -2.03. The van der Waals surface area contributed by atoms with Crippen molar-refractivity contribution in [3.63, 3.8) is 0 Å². The van der Waals surface area contributed by atoms with Gasteiger partial charge in [-0.25, -0.2) is 8.78 Å². The summed E-state index contributed by atoms with van der Waals surface area (Å²) in [6, 6.07) is 10.0. The molecule has 20 heavy (non-hydrogen) atoms. The Balaban J connectivity index is 2.03. The zero-order chi connectivity index (χ0) is 14.5. The van der Waals surface area contributed by atoms with Crippen LogP contribution < -0.4 is 5.32 Å². The Kier molecular flexibility index (Phi) is 4.63. The predicted octanol–water partition coefficient (Wildman–Crippen LogP) is 4.38. The van der Waals surface area contributed by atoms with E-state index in [-0.39, 0.29) is 11.5 Å². The van der Waals surface area contributed by atoms with E-state index in [4.69, 9.17) is 0 Å². The Hall–Kier alpha value is -2.01. The molecule has 0 unspecified atom stereocenters. The largest absolute Gasteiger partial charge is 0.320 e. The van der Waals surface area contributed by atoms with Gasteiger partial charge in [0, 0.05) is 10.5 Å². The molecular formula is C15H10BrF2NO. The summed E-state index contributed by atoms with van der Waals surface area (Å²) in [7, 11) is 0. The molecule has 1 amide bonds. The molecule has 102 valence electrons. The first-order chi connectivity index (χ1) is 9.54. The summed E-state index contributed by atoms with van der Waals surface area (Å²) in [6.07, 6.45) is 2.78. The topological polar surface area (TPSA) is 29.1 Å². The average molecular weight is 338 g/mol. The molecule has 5 heteroatoms. The van der Waals surface area contributed by atoms with E-state index in [1.807, 2.05) is 0 Å². The van der Waals surface area contributed by atoms with Crippen LogP contribution in [0.2, 0.25) is 0 Å². The van der Waals surface area contributed by atoms with E-state index in [9.17, 15) is 13.6 Å². The molecule has 0 bridgehead atoms. The third-order valence-corrected chi connectivity index (χ3v) is 2.98. The fourth-order valence-electron chi connectivity index (χ4n) is 1.51. The van der Waals surface area contributed by atoms with E-state index < -0.39 is 11.7 Å². The SMILES string of the molecule is O=C(/C=C/c1ccc(F)cc1)Nc1ccc(Br)cc1F. The Morgan fingerprint density at radius 1 is 1.10 bits per heavy atom. The number of carbonyl (C=O) groups excluding carboxylic acids is 1. The standard InChI is InChI=1S/C15H10BrF2NO/c16-11-4-7-14(13(18)9-11)19-15(20)8-3-10-1-5-12(17)6-2-10/h1-9H,(H,19,20)/b8-3+. The maximum Gasteiger partial charge on any atom is 0.248 e. The second kappa shape index (κ2) is 6.43. The lowest BCUT2D eigenvalue weighted by atomic mass is 10.2. The minimum atomic E-state index is -0.525. The van der Waals surface area contributed by atoms with Gasteiger partial charge >= 0.3 is 0 Å². The third-order valence-electron chi connectivity index (χ3n) is 2.49. The van der Waals surface area contributed by atoms with Gasteiger partial charge in [0.1, 0.15) is 11.6 Å². The Bertz CT molecular complexity index is 653. The van der Waals surface area contributed by atoms with Crippen LogP contribution in [0, 0.1) is 11.6 Å². The van der Waals surface area contributed by atoms with Crippen LogP contribution in [-0.4, -0.2) is 5.91 Å². The number of nitrogens with one attached hydrogen (secondary N) is 1. The van der Waals surface area contributed by atoms with Crippen molar-refractivity contribution >= 4 is 33.6 Å². The van der Waals surface area contributed by atoms with Crippen LogP contribution in [-0.2, 0) is 4.79 Å². The lowest BCUT2D eigenvalue weighted by molar-refractivity contribution is -0.111. The molecule has 0 spiro atoms. The van der Waals surface area contributed by atoms with Crippen LogP contribution in [0.1, 0.15) is 5.56 Å². The molecule has 2 aromatic carbocycles. The summed E-state index contributed by atoms with van der Waals surface area (Å²) >= 11 is 3.13. The Morgan fingerprint density at radius 2 is 1.80 bits per heavy atom. The van der Waals surface area contributed by atoms with Crippen molar-refractivity contribution in [2.24, 2.45) is 0 Å². The minimum Gasteiger partial charge on any atom is -0.320 e. The molecular weight excluding hydrogens is 328 g/mol. The monoisotopic (exact) mass is 337 g/mol. The van der Waals surface area contributed by atoms with Gasteiger partial charge in [-0.3, -0.25) is 4.79 Å². The highest BCUT2D eigenvalue weighted by atomic mass is 79.9. The highest BCUT2D eigenvalue weighted by Gasteiger charge is 2.04. The van der Waals surface area contributed by atoms with Crippen LogP contribution in [0.15, 0.2) is 53.0 Å². The quantitative estimate of drug-likeness (QED) is 0.827. The van der Waals surface area contributed by atoms with Crippen LogP contribution in [0.25, 0.3) is 6.08 Å². The molecule has 0 saturated heterocycles. The molecule has 1 N–H and O–H groups in total. The number of carbonyl (C=O) groups is 1. The van der Waals surface area contributed by atoms with Crippen LogP contribution >= 0.6 is 15.9 Å². The predicted molar refractivity (Wildman–Crippen MR) is 78.2 cm³/mol. The zero-order valence-corrected chi connectivity index (χ0v) is 11.8. The highest BCUT2D eigenvalue weighted by Crippen LogP contribution is 2.19. The summed E-state index contributed by atoms with van der Waals surface area (Å²) < 4.78 is 26.8. The molecule has 0 aliphatic heterocycles. The summed E-state index contributed by atoms with van der Waals surface area (Å²) in [4.78, 5) is 11.6. The van der Waals surface area contributed by atoms with Crippen molar-refractivity contribution in [1.29, 1.82) is 0 Å². The number of anilines is 1. The van der Waals surface area contributed by atoms with Crippen molar-refractivity contribution in [2.45, 2.75) is 0 Å². The maximum atomic E-state index is 13.5. The first-order valence-electron chi connectivity index (χ1n) is 5.74. The second-order valence-electron chi connectivity index (χ2n) is 4.00. The van der Waals surface area contributed by atoms with Crippen molar-refractivity contribution < 1.29 is 13.6 Å². The fraction of sp³-hybridized carbons (Fsp3) is 0. The number of benzene rings is 2. The third kappa shape index (κ3) is 3.99.